The fourth-order valence-corrected chi connectivity index (χ4v) is 3.36. The van der Waals surface area contributed by atoms with E-state index in [1.807, 2.05) is 32.0 Å². The lowest BCUT2D eigenvalue weighted by atomic mass is 10.1. The second kappa shape index (κ2) is 7.28. The van der Waals surface area contributed by atoms with Crippen LogP contribution >= 0.6 is 11.6 Å². The van der Waals surface area contributed by atoms with Gasteiger partial charge >= 0.3 is 0 Å². The van der Waals surface area contributed by atoms with Crippen molar-refractivity contribution in [2.75, 3.05) is 11.9 Å². The largest absolute Gasteiger partial charge is 0.338 e. The zero-order chi connectivity index (χ0) is 18.0. The monoisotopic (exact) mass is 356 g/mol. The van der Waals surface area contributed by atoms with Crippen molar-refractivity contribution in [3.8, 4) is 0 Å². The number of aryl methyl sites for hydroxylation is 2. The Balaban J connectivity index is 1.64. The number of carbonyl (C=O) groups excluding carboxylic acids is 2. The summed E-state index contributed by atoms with van der Waals surface area (Å²) < 4.78 is 0. The molecule has 1 aliphatic rings. The molecule has 2 amide bonds. The molecule has 2 aromatic rings. The van der Waals surface area contributed by atoms with E-state index in [-0.39, 0.29) is 24.2 Å². The molecule has 1 unspecified atom stereocenters. The first kappa shape index (κ1) is 17.5. The van der Waals surface area contributed by atoms with Crippen molar-refractivity contribution in [3.05, 3.63) is 64.2 Å². The first-order chi connectivity index (χ1) is 11.9. The maximum absolute atomic E-state index is 12.5. The summed E-state index contributed by atoms with van der Waals surface area (Å²) in [5.41, 5.74) is 3.89. The Morgan fingerprint density at radius 2 is 2.04 bits per heavy atom. The van der Waals surface area contributed by atoms with E-state index in [1.165, 1.54) is 0 Å². The first-order valence-electron chi connectivity index (χ1n) is 8.32. The van der Waals surface area contributed by atoms with E-state index < -0.39 is 0 Å². The van der Waals surface area contributed by atoms with Crippen LogP contribution in [-0.4, -0.2) is 23.3 Å². The molecule has 1 fully saturated rings. The summed E-state index contributed by atoms with van der Waals surface area (Å²) in [4.78, 5) is 26.6. The smallest absolute Gasteiger partial charge is 0.229 e. The standard InChI is InChI=1S/C20H21ClN2O2/c1-13-4-3-5-15(8-13)11-23-12-16(10-19(23)24)20(25)22-18-7-6-17(21)9-14(18)2/h3-9,16H,10-12H2,1-2H3,(H,22,25). The third-order valence-electron chi connectivity index (χ3n) is 4.49. The van der Waals surface area contributed by atoms with Crippen LogP contribution in [-0.2, 0) is 16.1 Å². The molecule has 3 rings (SSSR count). The van der Waals surface area contributed by atoms with Gasteiger partial charge in [-0.2, -0.15) is 0 Å². The molecular weight excluding hydrogens is 336 g/mol. The molecule has 2 aromatic carbocycles. The number of rotatable bonds is 4. The number of hydrogen-bond acceptors (Lipinski definition) is 2. The number of likely N-dealkylation sites (tertiary alicyclic amines) is 1. The van der Waals surface area contributed by atoms with Gasteiger partial charge in [0.05, 0.1) is 5.92 Å². The molecule has 0 radical (unpaired) electrons. The van der Waals surface area contributed by atoms with Gasteiger partial charge in [0.2, 0.25) is 11.8 Å². The van der Waals surface area contributed by atoms with Crippen LogP contribution in [0.25, 0.3) is 0 Å². The predicted octanol–water partition coefficient (Wildman–Crippen LogP) is 3.94. The number of nitrogens with one attached hydrogen (secondary N) is 1. The minimum atomic E-state index is -0.326. The number of halogens is 1. The van der Waals surface area contributed by atoms with Crippen LogP contribution in [0.5, 0.6) is 0 Å². The van der Waals surface area contributed by atoms with Crippen LogP contribution in [0.15, 0.2) is 42.5 Å². The number of anilines is 1. The van der Waals surface area contributed by atoms with Gasteiger partial charge in [-0.25, -0.2) is 0 Å². The lowest BCUT2D eigenvalue weighted by Gasteiger charge is -2.17. The Kier molecular flexibility index (Phi) is 5.09. The Morgan fingerprint density at radius 1 is 1.24 bits per heavy atom. The topological polar surface area (TPSA) is 49.4 Å². The third kappa shape index (κ3) is 4.20. The SMILES string of the molecule is Cc1cccc(CN2CC(C(=O)Nc3ccc(Cl)cc3C)CC2=O)c1. The molecule has 0 aliphatic carbocycles. The number of amides is 2. The normalized spacial score (nSPS) is 17.0. The molecule has 0 bridgehead atoms. The highest BCUT2D eigenvalue weighted by Crippen LogP contribution is 2.24. The Bertz CT molecular complexity index is 819. The highest BCUT2D eigenvalue weighted by atomic mass is 35.5. The van der Waals surface area contributed by atoms with Gasteiger partial charge in [0.1, 0.15) is 0 Å². The summed E-state index contributed by atoms with van der Waals surface area (Å²) in [5.74, 6) is -0.424. The van der Waals surface area contributed by atoms with Gasteiger partial charge in [-0.3, -0.25) is 9.59 Å². The molecule has 1 heterocycles. The van der Waals surface area contributed by atoms with Crippen molar-refractivity contribution in [1.82, 2.24) is 4.90 Å². The lowest BCUT2D eigenvalue weighted by Crippen LogP contribution is -2.28. The Morgan fingerprint density at radius 3 is 2.76 bits per heavy atom. The summed E-state index contributed by atoms with van der Waals surface area (Å²) >= 11 is 5.94. The molecular formula is C20H21ClN2O2. The van der Waals surface area contributed by atoms with Gasteiger partial charge in [0, 0.05) is 30.2 Å². The van der Waals surface area contributed by atoms with Crippen molar-refractivity contribution in [2.24, 2.45) is 5.92 Å². The molecule has 4 nitrogen and oxygen atoms in total. The van der Waals surface area contributed by atoms with Crippen molar-refractivity contribution in [3.63, 3.8) is 0 Å². The third-order valence-corrected chi connectivity index (χ3v) is 4.72. The summed E-state index contributed by atoms with van der Waals surface area (Å²) in [5, 5.41) is 3.55. The quantitative estimate of drug-likeness (QED) is 0.901. The molecule has 5 heteroatoms. The first-order valence-corrected chi connectivity index (χ1v) is 8.70. The molecule has 0 spiro atoms. The van der Waals surface area contributed by atoms with Crippen molar-refractivity contribution in [2.45, 2.75) is 26.8 Å². The minimum absolute atomic E-state index is 0.0227. The molecule has 0 aromatic heterocycles. The number of benzene rings is 2. The van der Waals surface area contributed by atoms with Crippen molar-refractivity contribution >= 4 is 29.1 Å². The average Bonchev–Trinajstić information content (AvgIpc) is 2.91. The molecule has 1 saturated heterocycles. The van der Waals surface area contributed by atoms with Crippen molar-refractivity contribution < 1.29 is 9.59 Å². The molecule has 1 atom stereocenters. The second-order valence-corrected chi connectivity index (χ2v) is 7.05. The van der Waals surface area contributed by atoms with Crippen LogP contribution in [0.4, 0.5) is 5.69 Å². The van der Waals surface area contributed by atoms with E-state index in [0.717, 1.165) is 22.4 Å². The zero-order valence-electron chi connectivity index (χ0n) is 14.4. The van der Waals surface area contributed by atoms with Gasteiger partial charge in [0.15, 0.2) is 0 Å². The van der Waals surface area contributed by atoms with Gasteiger partial charge in [-0.15, -0.1) is 0 Å². The van der Waals surface area contributed by atoms with Crippen LogP contribution < -0.4 is 5.32 Å². The van der Waals surface area contributed by atoms with Crippen molar-refractivity contribution in [1.29, 1.82) is 0 Å². The summed E-state index contributed by atoms with van der Waals surface area (Å²) in [6.07, 6.45) is 0.254. The van der Waals surface area contributed by atoms with Gasteiger partial charge in [-0.1, -0.05) is 41.4 Å². The number of carbonyl (C=O) groups is 2. The maximum atomic E-state index is 12.5. The molecule has 1 aliphatic heterocycles. The van der Waals surface area contributed by atoms with E-state index in [2.05, 4.69) is 11.4 Å². The van der Waals surface area contributed by atoms with E-state index in [1.54, 1.807) is 23.1 Å². The molecule has 130 valence electrons. The van der Waals surface area contributed by atoms with E-state index in [0.29, 0.717) is 18.1 Å². The van der Waals surface area contributed by atoms with Crippen LogP contribution in [0.3, 0.4) is 0 Å². The van der Waals surface area contributed by atoms with Crippen LogP contribution in [0, 0.1) is 19.8 Å². The minimum Gasteiger partial charge on any atom is -0.338 e. The lowest BCUT2D eigenvalue weighted by molar-refractivity contribution is -0.128. The maximum Gasteiger partial charge on any atom is 0.229 e. The summed E-state index contributed by atoms with van der Waals surface area (Å²) in [6, 6.07) is 13.4. The fourth-order valence-electron chi connectivity index (χ4n) is 3.13. The van der Waals surface area contributed by atoms with E-state index in [4.69, 9.17) is 11.6 Å². The molecule has 25 heavy (non-hydrogen) atoms. The summed E-state index contributed by atoms with van der Waals surface area (Å²) in [6.45, 7) is 4.92. The fraction of sp³-hybridized carbons (Fsp3) is 0.300. The second-order valence-electron chi connectivity index (χ2n) is 6.61. The van der Waals surface area contributed by atoms with Crippen LogP contribution in [0.2, 0.25) is 5.02 Å². The average molecular weight is 357 g/mol. The highest BCUT2D eigenvalue weighted by molar-refractivity contribution is 6.30. The van der Waals surface area contributed by atoms with Crippen LogP contribution in [0.1, 0.15) is 23.1 Å². The van der Waals surface area contributed by atoms with Gasteiger partial charge in [-0.05, 0) is 43.2 Å². The highest BCUT2D eigenvalue weighted by Gasteiger charge is 2.34. The predicted molar refractivity (Wildman–Crippen MR) is 99.5 cm³/mol. The Hall–Kier alpha value is -2.33. The zero-order valence-corrected chi connectivity index (χ0v) is 15.1. The number of nitrogens with zero attached hydrogens (tertiary/aromatic N) is 1. The number of hydrogen-bond donors (Lipinski definition) is 1. The van der Waals surface area contributed by atoms with E-state index >= 15 is 0 Å². The van der Waals surface area contributed by atoms with Gasteiger partial charge in [0.25, 0.3) is 0 Å². The molecule has 0 saturated carbocycles. The van der Waals surface area contributed by atoms with E-state index in [9.17, 15) is 9.59 Å². The Labute approximate surface area is 152 Å². The summed E-state index contributed by atoms with van der Waals surface area (Å²) in [7, 11) is 0. The molecule has 1 N–H and O–H groups in total. The van der Waals surface area contributed by atoms with Gasteiger partial charge < -0.3 is 10.2 Å².